The first-order valence-corrected chi connectivity index (χ1v) is 7.85. The highest BCUT2D eigenvalue weighted by Crippen LogP contribution is 2.20. The van der Waals surface area contributed by atoms with Crippen molar-refractivity contribution in [2.45, 2.75) is 39.7 Å². The smallest absolute Gasteiger partial charge is 0.126 e. The van der Waals surface area contributed by atoms with Crippen LogP contribution >= 0.6 is 0 Å². The molecule has 4 heteroatoms. The Bertz CT molecular complexity index is 403. The number of nitrogens with one attached hydrogen (secondary N) is 1. The molecule has 0 radical (unpaired) electrons. The standard InChI is InChI=1S/C17H28F2N2/c1-5-13(3)12-21(6-2)8-7-17(20-4)14-9-15(18)11-16(19)10-14/h9-11,13,17,20H,5-8,12H2,1-4H3. The van der Waals surface area contributed by atoms with E-state index in [0.29, 0.717) is 11.5 Å². The van der Waals surface area contributed by atoms with Crippen LogP contribution in [0.15, 0.2) is 18.2 Å². The molecule has 1 rings (SSSR count). The second-order valence-electron chi connectivity index (χ2n) is 5.74. The van der Waals surface area contributed by atoms with Gasteiger partial charge in [-0.15, -0.1) is 0 Å². The van der Waals surface area contributed by atoms with Gasteiger partial charge in [0.1, 0.15) is 11.6 Å². The van der Waals surface area contributed by atoms with Crippen LogP contribution in [0.1, 0.15) is 45.2 Å². The first kappa shape index (κ1) is 18.1. The van der Waals surface area contributed by atoms with Crippen molar-refractivity contribution >= 4 is 0 Å². The zero-order chi connectivity index (χ0) is 15.8. The molecule has 0 bridgehead atoms. The molecule has 21 heavy (non-hydrogen) atoms. The summed E-state index contributed by atoms with van der Waals surface area (Å²) in [6.45, 7) is 9.59. The molecule has 1 aromatic carbocycles. The number of hydrogen-bond acceptors (Lipinski definition) is 2. The van der Waals surface area contributed by atoms with Gasteiger partial charge in [0, 0.05) is 18.7 Å². The van der Waals surface area contributed by atoms with Gasteiger partial charge in [-0.3, -0.25) is 0 Å². The normalized spacial score (nSPS) is 14.4. The van der Waals surface area contributed by atoms with Crippen LogP contribution in [0.3, 0.4) is 0 Å². The van der Waals surface area contributed by atoms with E-state index in [1.165, 1.54) is 18.6 Å². The summed E-state index contributed by atoms with van der Waals surface area (Å²) < 4.78 is 26.7. The van der Waals surface area contributed by atoms with Gasteiger partial charge < -0.3 is 10.2 Å². The van der Waals surface area contributed by atoms with Crippen molar-refractivity contribution in [3.8, 4) is 0 Å². The molecule has 0 aromatic heterocycles. The Labute approximate surface area is 127 Å². The minimum atomic E-state index is -0.516. The van der Waals surface area contributed by atoms with Crippen LogP contribution in [0, 0.1) is 17.6 Å². The minimum Gasteiger partial charge on any atom is -0.313 e. The van der Waals surface area contributed by atoms with E-state index in [-0.39, 0.29) is 6.04 Å². The number of halogens is 2. The number of rotatable bonds is 9. The molecule has 120 valence electrons. The van der Waals surface area contributed by atoms with Crippen molar-refractivity contribution in [1.29, 1.82) is 0 Å². The predicted molar refractivity (Wildman–Crippen MR) is 84.3 cm³/mol. The summed E-state index contributed by atoms with van der Waals surface area (Å²) in [6.07, 6.45) is 2.00. The fourth-order valence-electron chi connectivity index (χ4n) is 2.51. The zero-order valence-electron chi connectivity index (χ0n) is 13.6. The van der Waals surface area contributed by atoms with E-state index in [2.05, 4.69) is 31.0 Å². The van der Waals surface area contributed by atoms with Crippen molar-refractivity contribution in [2.75, 3.05) is 26.7 Å². The van der Waals surface area contributed by atoms with Gasteiger partial charge >= 0.3 is 0 Å². The quantitative estimate of drug-likeness (QED) is 0.742. The SMILES string of the molecule is CCC(C)CN(CC)CCC(NC)c1cc(F)cc(F)c1. The molecule has 0 saturated carbocycles. The third kappa shape index (κ3) is 6.10. The zero-order valence-corrected chi connectivity index (χ0v) is 13.6. The molecule has 0 fully saturated rings. The van der Waals surface area contributed by atoms with Crippen molar-refractivity contribution in [3.63, 3.8) is 0 Å². The maximum absolute atomic E-state index is 13.3. The molecule has 1 N–H and O–H groups in total. The highest BCUT2D eigenvalue weighted by atomic mass is 19.1. The van der Waals surface area contributed by atoms with E-state index in [1.54, 1.807) is 0 Å². The lowest BCUT2D eigenvalue weighted by atomic mass is 10.0. The fraction of sp³-hybridized carbons (Fsp3) is 0.647. The van der Waals surface area contributed by atoms with Crippen LogP contribution < -0.4 is 5.32 Å². The topological polar surface area (TPSA) is 15.3 Å². The number of nitrogens with zero attached hydrogens (tertiary/aromatic N) is 1. The van der Waals surface area contributed by atoms with Gasteiger partial charge in [-0.25, -0.2) is 8.78 Å². The first-order chi connectivity index (χ1) is 9.99. The first-order valence-electron chi connectivity index (χ1n) is 7.85. The molecule has 0 amide bonds. The van der Waals surface area contributed by atoms with E-state index < -0.39 is 11.6 Å². The van der Waals surface area contributed by atoms with Crippen molar-refractivity contribution < 1.29 is 8.78 Å². The van der Waals surface area contributed by atoms with Gasteiger partial charge in [0.05, 0.1) is 0 Å². The Morgan fingerprint density at radius 1 is 1.14 bits per heavy atom. The molecule has 0 saturated heterocycles. The van der Waals surface area contributed by atoms with E-state index in [1.807, 2.05) is 7.05 Å². The minimum absolute atomic E-state index is 0.0267. The molecular formula is C17H28F2N2. The fourth-order valence-corrected chi connectivity index (χ4v) is 2.51. The highest BCUT2D eigenvalue weighted by molar-refractivity contribution is 5.21. The molecule has 2 atom stereocenters. The monoisotopic (exact) mass is 298 g/mol. The lowest BCUT2D eigenvalue weighted by molar-refractivity contribution is 0.234. The van der Waals surface area contributed by atoms with Crippen molar-refractivity contribution in [2.24, 2.45) is 5.92 Å². The lowest BCUT2D eigenvalue weighted by Gasteiger charge is -2.26. The maximum Gasteiger partial charge on any atom is 0.126 e. The highest BCUT2D eigenvalue weighted by Gasteiger charge is 2.14. The van der Waals surface area contributed by atoms with Crippen molar-refractivity contribution in [1.82, 2.24) is 10.2 Å². The summed E-state index contributed by atoms with van der Waals surface area (Å²) in [5.74, 6) is -0.362. The summed E-state index contributed by atoms with van der Waals surface area (Å²) in [7, 11) is 1.83. The maximum atomic E-state index is 13.3. The van der Waals surface area contributed by atoms with Crippen LogP contribution in [0.5, 0.6) is 0 Å². The molecule has 0 aliphatic rings. The van der Waals surface area contributed by atoms with Crippen molar-refractivity contribution in [3.05, 3.63) is 35.4 Å². The van der Waals surface area contributed by atoms with E-state index in [9.17, 15) is 8.78 Å². The molecular weight excluding hydrogens is 270 g/mol. The summed E-state index contributed by atoms with van der Waals surface area (Å²) >= 11 is 0. The number of benzene rings is 1. The second-order valence-corrected chi connectivity index (χ2v) is 5.74. The molecule has 2 nitrogen and oxygen atoms in total. The van der Waals surface area contributed by atoms with E-state index in [0.717, 1.165) is 32.1 Å². The van der Waals surface area contributed by atoms with Crippen LogP contribution in [0.2, 0.25) is 0 Å². The van der Waals surface area contributed by atoms with Crippen LogP contribution in [-0.4, -0.2) is 31.6 Å². The Hall–Kier alpha value is -1.00. The lowest BCUT2D eigenvalue weighted by Crippen LogP contribution is -2.31. The molecule has 0 aliphatic carbocycles. The Balaban J connectivity index is 2.64. The third-order valence-electron chi connectivity index (χ3n) is 4.08. The third-order valence-corrected chi connectivity index (χ3v) is 4.08. The predicted octanol–water partition coefficient (Wildman–Crippen LogP) is 3.98. The average molecular weight is 298 g/mol. The van der Waals surface area contributed by atoms with Gasteiger partial charge in [0.2, 0.25) is 0 Å². The second kappa shape index (κ2) is 9.11. The van der Waals surface area contributed by atoms with Gasteiger partial charge in [-0.05, 0) is 50.2 Å². The molecule has 0 heterocycles. The van der Waals surface area contributed by atoms with E-state index >= 15 is 0 Å². The van der Waals surface area contributed by atoms with Crippen LogP contribution in [0.4, 0.5) is 8.78 Å². The summed E-state index contributed by atoms with van der Waals surface area (Å²) in [4.78, 5) is 2.40. The largest absolute Gasteiger partial charge is 0.313 e. The number of hydrogen-bond donors (Lipinski definition) is 1. The average Bonchev–Trinajstić information content (AvgIpc) is 2.45. The van der Waals surface area contributed by atoms with Crippen LogP contribution in [0.25, 0.3) is 0 Å². The summed E-state index contributed by atoms with van der Waals surface area (Å²) in [5, 5.41) is 3.16. The summed E-state index contributed by atoms with van der Waals surface area (Å²) in [6, 6.07) is 3.71. The van der Waals surface area contributed by atoms with Gasteiger partial charge in [-0.1, -0.05) is 27.2 Å². The van der Waals surface area contributed by atoms with Gasteiger partial charge in [-0.2, -0.15) is 0 Å². The molecule has 1 aromatic rings. The van der Waals surface area contributed by atoms with Crippen LogP contribution in [-0.2, 0) is 0 Å². The van der Waals surface area contributed by atoms with Gasteiger partial charge in [0.25, 0.3) is 0 Å². The molecule has 0 spiro atoms. The Morgan fingerprint density at radius 3 is 2.24 bits per heavy atom. The molecule has 0 aliphatic heterocycles. The molecule has 2 unspecified atom stereocenters. The van der Waals surface area contributed by atoms with E-state index in [4.69, 9.17) is 0 Å². The summed E-state index contributed by atoms with van der Waals surface area (Å²) in [5.41, 5.74) is 0.676. The van der Waals surface area contributed by atoms with Gasteiger partial charge in [0.15, 0.2) is 0 Å². The Kier molecular flexibility index (Phi) is 7.83. The Morgan fingerprint density at radius 2 is 1.76 bits per heavy atom.